The smallest absolute Gasteiger partial charge is 0.259 e. The Hall–Kier alpha value is -3.48. The molecule has 1 aromatic heterocycles. The van der Waals surface area contributed by atoms with E-state index in [-0.39, 0.29) is 5.91 Å². The number of oxime groups is 1. The first-order chi connectivity index (χ1) is 14.0. The second kappa shape index (κ2) is 9.14. The highest BCUT2D eigenvalue weighted by atomic mass is 19.1. The predicted octanol–water partition coefficient (Wildman–Crippen LogP) is 4.55. The molecule has 150 valence electrons. The Balaban J connectivity index is 1.85. The van der Waals surface area contributed by atoms with Crippen LogP contribution in [-0.2, 0) is 11.9 Å². The molecule has 1 amide bonds. The molecule has 3 aromatic rings. The molecule has 29 heavy (non-hydrogen) atoms. The Bertz CT molecular complexity index is 1040. The Labute approximate surface area is 169 Å². The number of amides is 1. The normalized spacial score (nSPS) is 11.0. The number of rotatable bonds is 7. The number of aryl methyl sites for hydroxylation is 2. The van der Waals surface area contributed by atoms with Crippen LogP contribution in [0.1, 0.15) is 35.0 Å². The maximum absolute atomic E-state index is 14.5. The van der Waals surface area contributed by atoms with Gasteiger partial charge >= 0.3 is 0 Å². The zero-order valence-corrected chi connectivity index (χ0v) is 16.6. The van der Waals surface area contributed by atoms with Crippen LogP contribution in [-0.4, -0.2) is 28.5 Å². The van der Waals surface area contributed by atoms with Crippen LogP contribution in [0, 0.1) is 12.7 Å². The molecule has 0 aliphatic carbocycles. The summed E-state index contributed by atoms with van der Waals surface area (Å²) in [6, 6.07) is 12.1. The topological polar surface area (TPSA) is 68.5 Å². The molecule has 7 heteroatoms. The first kappa shape index (κ1) is 20.3. The molecule has 1 heterocycles. The number of para-hydroxylation sites is 1. The summed E-state index contributed by atoms with van der Waals surface area (Å²) in [5.41, 5.74) is 3.42. The quantitative estimate of drug-likeness (QED) is 0.363. The second-order valence-corrected chi connectivity index (χ2v) is 6.61. The van der Waals surface area contributed by atoms with E-state index in [1.165, 1.54) is 12.3 Å². The third-order valence-electron chi connectivity index (χ3n) is 4.31. The molecule has 0 aliphatic heterocycles. The average Bonchev–Trinajstić information content (AvgIpc) is 3.05. The van der Waals surface area contributed by atoms with Crippen molar-refractivity contribution in [3.63, 3.8) is 0 Å². The number of nitrogens with zero attached hydrogens (tertiary/aromatic N) is 3. The van der Waals surface area contributed by atoms with Crippen LogP contribution < -0.4 is 5.32 Å². The van der Waals surface area contributed by atoms with Crippen molar-refractivity contribution in [2.24, 2.45) is 12.2 Å². The molecule has 3 rings (SSSR count). The number of hydrogen-bond acceptors (Lipinski definition) is 4. The minimum Gasteiger partial charge on any atom is -0.396 e. The van der Waals surface area contributed by atoms with E-state index in [4.69, 9.17) is 4.84 Å². The van der Waals surface area contributed by atoms with Gasteiger partial charge in [0.1, 0.15) is 12.4 Å². The van der Waals surface area contributed by atoms with Gasteiger partial charge in [0.05, 0.1) is 17.5 Å². The van der Waals surface area contributed by atoms with E-state index >= 15 is 0 Å². The number of hydrogen-bond donors (Lipinski definition) is 1. The summed E-state index contributed by atoms with van der Waals surface area (Å²) in [5, 5.41) is 10.9. The van der Waals surface area contributed by atoms with Gasteiger partial charge in [-0.05, 0) is 37.1 Å². The van der Waals surface area contributed by atoms with Crippen LogP contribution in [0.4, 0.5) is 10.1 Å². The lowest BCUT2D eigenvalue weighted by molar-refractivity contribution is 0.102. The molecular weight excluding hydrogens is 371 g/mol. The average molecular weight is 394 g/mol. The van der Waals surface area contributed by atoms with E-state index in [0.29, 0.717) is 40.2 Å². The van der Waals surface area contributed by atoms with E-state index < -0.39 is 5.82 Å². The molecule has 0 saturated heterocycles. The van der Waals surface area contributed by atoms with Crippen molar-refractivity contribution in [1.29, 1.82) is 0 Å². The second-order valence-electron chi connectivity index (χ2n) is 6.61. The van der Waals surface area contributed by atoms with Crippen molar-refractivity contribution in [2.45, 2.75) is 20.3 Å². The van der Waals surface area contributed by atoms with Crippen LogP contribution in [0.5, 0.6) is 0 Å². The molecule has 0 aliphatic rings. The standard InChI is InChI=1S/C22H23FN4O2/c1-4-11-29-24-13-17-10-9-16(12-20(17)23)18-7-5-6-8-21(18)25-22(28)19-14-27(3)26-15(19)2/h5-10,12-14H,4,11H2,1-3H3,(H,25,28)/b24-13+. The van der Waals surface area contributed by atoms with Crippen molar-refractivity contribution in [2.75, 3.05) is 11.9 Å². The lowest BCUT2D eigenvalue weighted by atomic mass is 10.0. The summed E-state index contributed by atoms with van der Waals surface area (Å²) in [6.07, 6.45) is 3.86. The maximum Gasteiger partial charge on any atom is 0.259 e. The van der Waals surface area contributed by atoms with Gasteiger partial charge in [-0.1, -0.05) is 36.3 Å². The van der Waals surface area contributed by atoms with E-state index in [9.17, 15) is 9.18 Å². The van der Waals surface area contributed by atoms with Gasteiger partial charge in [0.25, 0.3) is 5.91 Å². The Morgan fingerprint density at radius 1 is 1.31 bits per heavy atom. The summed E-state index contributed by atoms with van der Waals surface area (Å²) in [7, 11) is 1.76. The molecule has 0 unspecified atom stereocenters. The van der Waals surface area contributed by atoms with E-state index in [2.05, 4.69) is 15.6 Å². The van der Waals surface area contributed by atoms with Gasteiger partial charge in [0.2, 0.25) is 0 Å². The molecule has 0 radical (unpaired) electrons. The minimum absolute atomic E-state index is 0.264. The molecule has 1 N–H and O–H groups in total. The van der Waals surface area contributed by atoms with Crippen LogP contribution in [0.15, 0.2) is 53.8 Å². The van der Waals surface area contributed by atoms with Crippen LogP contribution in [0.2, 0.25) is 0 Å². The lowest BCUT2D eigenvalue weighted by Gasteiger charge is -2.12. The summed E-state index contributed by atoms with van der Waals surface area (Å²) >= 11 is 0. The Morgan fingerprint density at radius 2 is 2.10 bits per heavy atom. The number of carbonyl (C=O) groups is 1. The van der Waals surface area contributed by atoms with Gasteiger partial charge in [-0.2, -0.15) is 5.10 Å². The molecule has 0 bridgehead atoms. The van der Waals surface area contributed by atoms with E-state index in [0.717, 1.165) is 6.42 Å². The fourth-order valence-electron chi connectivity index (χ4n) is 2.89. The summed E-state index contributed by atoms with van der Waals surface area (Å²) in [4.78, 5) is 17.7. The number of nitrogens with one attached hydrogen (secondary N) is 1. The van der Waals surface area contributed by atoms with Crippen molar-refractivity contribution < 1.29 is 14.0 Å². The molecule has 0 spiro atoms. The van der Waals surface area contributed by atoms with Gasteiger partial charge in [0, 0.05) is 30.1 Å². The number of halogens is 1. The Kier molecular flexibility index (Phi) is 6.39. The third kappa shape index (κ3) is 4.87. The fourth-order valence-corrected chi connectivity index (χ4v) is 2.89. The van der Waals surface area contributed by atoms with Gasteiger partial charge in [-0.15, -0.1) is 0 Å². The largest absolute Gasteiger partial charge is 0.396 e. The SMILES string of the molecule is CCCO/N=C/c1ccc(-c2ccccc2NC(=O)c2cn(C)nc2C)cc1F. The van der Waals surface area contributed by atoms with Gasteiger partial charge in [-0.25, -0.2) is 4.39 Å². The maximum atomic E-state index is 14.5. The number of carbonyl (C=O) groups excluding carboxylic acids is 1. The van der Waals surface area contributed by atoms with Gasteiger partial charge in [0.15, 0.2) is 0 Å². The molecule has 0 fully saturated rings. The summed E-state index contributed by atoms with van der Waals surface area (Å²) < 4.78 is 16.1. The lowest BCUT2D eigenvalue weighted by Crippen LogP contribution is -2.13. The molecule has 2 aromatic carbocycles. The van der Waals surface area contributed by atoms with Crippen molar-refractivity contribution in [1.82, 2.24) is 9.78 Å². The van der Waals surface area contributed by atoms with Crippen LogP contribution >= 0.6 is 0 Å². The highest BCUT2D eigenvalue weighted by Gasteiger charge is 2.15. The zero-order valence-electron chi connectivity index (χ0n) is 16.6. The summed E-state index contributed by atoms with van der Waals surface area (Å²) in [6.45, 7) is 4.23. The minimum atomic E-state index is -0.421. The number of aromatic nitrogens is 2. The molecule has 0 atom stereocenters. The van der Waals surface area contributed by atoms with Gasteiger partial charge in [-0.3, -0.25) is 9.48 Å². The highest BCUT2D eigenvalue weighted by molar-refractivity contribution is 6.06. The first-order valence-corrected chi connectivity index (χ1v) is 9.35. The van der Waals surface area contributed by atoms with E-state index in [1.54, 1.807) is 43.0 Å². The van der Waals surface area contributed by atoms with Crippen molar-refractivity contribution >= 4 is 17.8 Å². The van der Waals surface area contributed by atoms with Crippen molar-refractivity contribution in [3.8, 4) is 11.1 Å². The van der Waals surface area contributed by atoms with Crippen molar-refractivity contribution in [3.05, 3.63) is 71.3 Å². The fraction of sp³-hybridized carbons (Fsp3) is 0.227. The van der Waals surface area contributed by atoms with Crippen LogP contribution in [0.3, 0.4) is 0 Å². The molecule has 0 saturated carbocycles. The number of anilines is 1. The van der Waals surface area contributed by atoms with Gasteiger partial charge < -0.3 is 10.2 Å². The highest BCUT2D eigenvalue weighted by Crippen LogP contribution is 2.29. The first-order valence-electron chi connectivity index (χ1n) is 9.35. The van der Waals surface area contributed by atoms with E-state index in [1.807, 2.05) is 25.1 Å². The van der Waals surface area contributed by atoms with Crippen LogP contribution in [0.25, 0.3) is 11.1 Å². The number of benzene rings is 2. The Morgan fingerprint density at radius 3 is 2.79 bits per heavy atom. The zero-order chi connectivity index (χ0) is 20.8. The third-order valence-corrected chi connectivity index (χ3v) is 4.31. The summed E-state index contributed by atoms with van der Waals surface area (Å²) in [5.74, 6) is -0.684. The molecular formula is C22H23FN4O2. The molecule has 6 nitrogen and oxygen atoms in total. The predicted molar refractivity (Wildman–Crippen MR) is 112 cm³/mol. The monoisotopic (exact) mass is 394 g/mol.